The number of nitrogens with two attached hydrogens (primary N) is 1. The Morgan fingerprint density at radius 2 is 1.77 bits per heavy atom. The van der Waals surface area contributed by atoms with Crippen LogP contribution in [0.1, 0.15) is 19.4 Å². The molecule has 1 rings (SSSR count). The van der Waals surface area contributed by atoms with E-state index in [2.05, 4.69) is 17.9 Å². The molecule has 1 aromatic carbocycles. The van der Waals surface area contributed by atoms with E-state index < -0.39 is 0 Å². The first kappa shape index (κ1) is 18.7. The fourth-order valence-electron chi connectivity index (χ4n) is 2.45. The van der Waals surface area contributed by atoms with E-state index in [1.165, 1.54) is 5.56 Å². The van der Waals surface area contributed by atoms with Crippen molar-refractivity contribution in [3.8, 4) is 5.75 Å². The smallest absolute Gasteiger partial charge is 0.142 e. The Hall–Kier alpha value is -1.30. The number of nitrogen functional groups attached to an aromatic ring is 1. The van der Waals surface area contributed by atoms with Crippen LogP contribution in [0.4, 0.5) is 5.69 Å². The van der Waals surface area contributed by atoms with Crippen molar-refractivity contribution in [1.29, 1.82) is 0 Å². The van der Waals surface area contributed by atoms with Crippen LogP contribution in [0, 0.1) is 0 Å². The fourth-order valence-corrected chi connectivity index (χ4v) is 2.45. The highest BCUT2D eigenvalue weighted by Crippen LogP contribution is 2.23. The highest BCUT2D eigenvalue weighted by atomic mass is 16.5. The molecule has 0 fully saturated rings. The van der Waals surface area contributed by atoms with Gasteiger partial charge in [0.1, 0.15) is 5.75 Å². The van der Waals surface area contributed by atoms with Gasteiger partial charge in [-0.15, -0.1) is 0 Å². The Bertz CT molecular complexity index is 418. The average molecular weight is 310 g/mol. The number of methoxy groups -OCH3 is 2. The second-order valence-electron chi connectivity index (χ2n) is 5.38. The molecule has 22 heavy (non-hydrogen) atoms. The molecule has 1 aromatic rings. The summed E-state index contributed by atoms with van der Waals surface area (Å²) >= 11 is 0. The Balaban J connectivity index is 2.66. The molecule has 0 aliphatic rings. The van der Waals surface area contributed by atoms with Crippen molar-refractivity contribution in [2.75, 3.05) is 52.9 Å². The van der Waals surface area contributed by atoms with Gasteiger partial charge in [-0.25, -0.2) is 0 Å². The predicted octanol–water partition coefficient (Wildman–Crippen LogP) is 2.19. The Morgan fingerprint density at radius 1 is 1.14 bits per heavy atom. The van der Waals surface area contributed by atoms with Crippen LogP contribution < -0.4 is 10.5 Å². The van der Waals surface area contributed by atoms with Crippen LogP contribution in [0.2, 0.25) is 0 Å². The lowest BCUT2D eigenvalue weighted by atomic mass is 10.0. The summed E-state index contributed by atoms with van der Waals surface area (Å²) in [5, 5.41) is 0. The number of anilines is 1. The Morgan fingerprint density at radius 3 is 2.27 bits per heavy atom. The van der Waals surface area contributed by atoms with Gasteiger partial charge < -0.3 is 19.9 Å². The molecule has 1 atom stereocenters. The van der Waals surface area contributed by atoms with E-state index in [0.29, 0.717) is 18.3 Å². The number of nitrogens with zero attached hydrogens (tertiary/aromatic N) is 1. The van der Waals surface area contributed by atoms with Gasteiger partial charge in [0.2, 0.25) is 0 Å². The monoisotopic (exact) mass is 310 g/mol. The highest BCUT2D eigenvalue weighted by molar-refractivity contribution is 5.54. The second kappa shape index (κ2) is 10.4. The van der Waals surface area contributed by atoms with Crippen LogP contribution in [-0.4, -0.2) is 58.1 Å². The molecule has 0 saturated heterocycles. The third kappa shape index (κ3) is 6.22. The van der Waals surface area contributed by atoms with Gasteiger partial charge in [-0.3, -0.25) is 4.90 Å². The molecular weight excluding hydrogens is 280 g/mol. The second-order valence-corrected chi connectivity index (χ2v) is 5.38. The van der Waals surface area contributed by atoms with Gasteiger partial charge >= 0.3 is 0 Å². The van der Waals surface area contributed by atoms with Crippen LogP contribution in [0.25, 0.3) is 0 Å². The summed E-state index contributed by atoms with van der Waals surface area (Å²) in [5.41, 5.74) is 7.96. The van der Waals surface area contributed by atoms with E-state index in [1.807, 2.05) is 19.1 Å². The quantitative estimate of drug-likeness (QED) is 0.635. The van der Waals surface area contributed by atoms with Crippen molar-refractivity contribution >= 4 is 5.69 Å². The minimum Gasteiger partial charge on any atom is -0.492 e. The third-order valence-corrected chi connectivity index (χ3v) is 3.69. The number of ether oxygens (including phenoxy) is 3. The fraction of sp³-hybridized carbons (Fsp3) is 0.647. The minimum atomic E-state index is 0.391. The number of hydrogen-bond acceptors (Lipinski definition) is 5. The first-order valence-electron chi connectivity index (χ1n) is 7.85. The van der Waals surface area contributed by atoms with Gasteiger partial charge in [0.15, 0.2) is 0 Å². The maximum Gasteiger partial charge on any atom is 0.142 e. The van der Waals surface area contributed by atoms with E-state index in [0.717, 1.165) is 38.5 Å². The molecule has 0 bridgehead atoms. The van der Waals surface area contributed by atoms with Crippen LogP contribution in [0.15, 0.2) is 18.2 Å². The summed E-state index contributed by atoms with van der Waals surface area (Å²) in [6.07, 6.45) is 0.935. The standard InChI is InChI=1S/C17H30N2O3/c1-5-22-17-7-6-15(13-16(17)18)12-14(2)19(8-10-20-3)9-11-21-4/h6-7,13-14H,5,8-12,18H2,1-4H3. The van der Waals surface area contributed by atoms with Crippen LogP contribution >= 0.6 is 0 Å². The van der Waals surface area contributed by atoms with Crippen molar-refractivity contribution in [3.05, 3.63) is 23.8 Å². The summed E-state index contributed by atoms with van der Waals surface area (Å²) in [5.74, 6) is 0.759. The van der Waals surface area contributed by atoms with Gasteiger partial charge in [0.05, 0.1) is 25.5 Å². The number of benzene rings is 1. The lowest BCUT2D eigenvalue weighted by Crippen LogP contribution is -2.39. The van der Waals surface area contributed by atoms with E-state index in [-0.39, 0.29) is 0 Å². The highest BCUT2D eigenvalue weighted by Gasteiger charge is 2.14. The van der Waals surface area contributed by atoms with Gasteiger partial charge in [-0.05, 0) is 38.0 Å². The zero-order valence-corrected chi connectivity index (χ0v) is 14.3. The molecule has 0 aromatic heterocycles. The molecule has 0 aliphatic heterocycles. The molecule has 0 heterocycles. The summed E-state index contributed by atoms with van der Waals surface area (Å²) < 4.78 is 15.9. The maximum atomic E-state index is 6.04. The molecule has 0 radical (unpaired) electrons. The third-order valence-electron chi connectivity index (χ3n) is 3.69. The zero-order chi connectivity index (χ0) is 16.4. The number of rotatable bonds is 11. The van der Waals surface area contributed by atoms with E-state index in [9.17, 15) is 0 Å². The van der Waals surface area contributed by atoms with Gasteiger partial charge in [-0.2, -0.15) is 0 Å². The van der Waals surface area contributed by atoms with Crippen LogP contribution in [0.3, 0.4) is 0 Å². The summed E-state index contributed by atoms with van der Waals surface area (Å²) in [4.78, 5) is 2.37. The summed E-state index contributed by atoms with van der Waals surface area (Å²) in [6, 6.07) is 6.44. The first-order chi connectivity index (χ1) is 10.6. The Kier molecular flexibility index (Phi) is 8.89. The maximum absolute atomic E-state index is 6.04. The van der Waals surface area contributed by atoms with Gasteiger partial charge in [0, 0.05) is 33.4 Å². The lowest BCUT2D eigenvalue weighted by Gasteiger charge is -2.29. The van der Waals surface area contributed by atoms with Crippen LogP contribution in [0.5, 0.6) is 5.75 Å². The van der Waals surface area contributed by atoms with Crippen LogP contribution in [-0.2, 0) is 15.9 Å². The molecule has 0 saturated carbocycles. The first-order valence-corrected chi connectivity index (χ1v) is 7.85. The van der Waals surface area contributed by atoms with Crippen molar-refractivity contribution in [1.82, 2.24) is 4.90 Å². The zero-order valence-electron chi connectivity index (χ0n) is 14.3. The van der Waals surface area contributed by atoms with Gasteiger partial charge in [-0.1, -0.05) is 6.07 Å². The van der Waals surface area contributed by atoms with E-state index >= 15 is 0 Å². The van der Waals surface area contributed by atoms with Crippen molar-refractivity contribution < 1.29 is 14.2 Å². The van der Waals surface area contributed by atoms with Crippen molar-refractivity contribution in [3.63, 3.8) is 0 Å². The minimum absolute atomic E-state index is 0.391. The molecule has 0 spiro atoms. The van der Waals surface area contributed by atoms with E-state index in [1.54, 1.807) is 14.2 Å². The Labute approximate surface area is 134 Å². The molecule has 126 valence electrons. The average Bonchev–Trinajstić information content (AvgIpc) is 2.50. The molecule has 5 nitrogen and oxygen atoms in total. The predicted molar refractivity (Wildman–Crippen MR) is 90.5 cm³/mol. The van der Waals surface area contributed by atoms with Gasteiger partial charge in [0.25, 0.3) is 0 Å². The molecule has 0 amide bonds. The normalized spacial score (nSPS) is 12.6. The number of hydrogen-bond donors (Lipinski definition) is 1. The topological polar surface area (TPSA) is 57.0 Å². The van der Waals surface area contributed by atoms with Crippen molar-refractivity contribution in [2.45, 2.75) is 26.3 Å². The molecular formula is C17H30N2O3. The molecule has 5 heteroatoms. The largest absolute Gasteiger partial charge is 0.492 e. The molecule has 1 unspecified atom stereocenters. The SMILES string of the molecule is CCOc1ccc(CC(C)N(CCOC)CCOC)cc1N. The van der Waals surface area contributed by atoms with Crippen molar-refractivity contribution in [2.24, 2.45) is 0 Å². The molecule has 2 N–H and O–H groups in total. The van der Waals surface area contributed by atoms with E-state index in [4.69, 9.17) is 19.9 Å². The summed E-state index contributed by atoms with van der Waals surface area (Å²) in [6.45, 7) is 8.04. The lowest BCUT2D eigenvalue weighted by molar-refractivity contribution is 0.0919. The molecule has 0 aliphatic carbocycles. The summed E-state index contributed by atoms with van der Waals surface area (Å²) in [7, 11) is 3.46.